The normalized spacial score (nSPS) is 11.0. The van der Waals surface area contributed by atoms with Crippen LogP contribution < -0.4 is 14.9 Å². The zero-order chi connectivity index (χ0) is 23.0. The molecule has 0 fully saturated rings. The number of hydrogen-bond acceptors (Lipinski definition) is 5. The van der Waals surface area contributed by atoms with Crippen molar-refractivity contribution in [3.63, 3.8) is 0 Å². The number of anilines is 1. The number of nitrogens with zero attached hydrogens (tertiary/aromatic N) is 1. The Morgan fingerprint density at radius 3 is 2.44 bits per heavy atom. The Morgan fingerprint density at radius 1 is 1.06 bits per heavy atom. The van der Waals surface area contributed by atoms with Gasteiger partial charge in [-0.2, -0.15) is 5.10 Å². The van der Waals surface area contributed by atoms with Gasteiger partial charge in [0.1, 0.15) is 12.4 Å². The van der Waals surface area contributed by atoms with Crippen LogP contribution in [-0.2, 0) is 10.0 Å². The summed E-state index contributed by atoms with van der Waals surface area (Å²) in [6, 6.07) is 18.8. The first-order chi connectivity index (χ1) is 15.4. The average molecular weight is 468 g/mol. The molecule has 0 saturated carbocycles. The molecule has 0 spiro atoms. The number of hydrogen-bond donors (Lipinski definition) is 2. The number of amides is 1. The molecule has 0 heterocycles. The maximum Gasteiger partial charge on any atom is 0.271 e. The molecule has 162 valence electrons. The fourth-order valence-electron chi connectivity index (χ4n) is 2.58. The number of carbonyl (C=O) groups is 1. The van der Waals surface area contributed by atoms with Crippen molar-refractivity contribution in [2.45, 2.75) is 4.90 Å². The van der Waals surface area contributed by atoms with Crippen LogP contribution in [0.3, 0.4) is 0 Å². The van der Waals surface area contributed by atoms with Gasteiger partial charge in [0.05, 0.1) is 11.1 Å². The van der Waals surface area contributed by atoms with E-state index in [9.17, 15) is 13.2 Å². The fraction of sp³-hybridized carbons (Fsp3) is 0.0435. The quantitative estimate of drug-likeness (QED) is 0.298. The maximum absolute atomic E-state index is 12.4. The molecule has 0 aromatic heterocycles. The van der Waals surface area contributed by atoms with Gasteiger partial charge in [-0.05, 0) is 60.7 Å². The third-order valence-corrected chi connectivity index (χ3v) is 5.77. The Morgan fingerprint density at radius 2 is 1.75 bits per heavy atom. The van der Waals surface area contributed by atoms with Crippen molar-refractivity contribution >= 4 is 39.4 Å². The fourth-order valence-corrected chi connectivity index (χ4v) is 3.77. The lowest BCUT2D eigenvalue weighted by molar-refractivity contribution is 0.0955. The zero-order valence-corrected chi connectivity index (χ0v) is 18.2. The summed E-state index contributed by atoms with van der Waals surface area (Å²) < 4.78 is 32.7. The summed E-state index contributed by atoms with van der Waals surface area (Å²) in [5.41, 5.74) is 3.67. The first-order valence-corrected chi connectivity index (χ1v) is 11.1. The van der Waals surface area contributed by atoms with Crippen LogP contribution in [0.15, 0.2) is 82.8 Å². The number of carbonyl (C=O) groups excluding carboxylic acids is 1. The molecule has 0 aliphatic heterocycles. The Labute approximate surface area is 191 Å². The van der Waals surface area contributed by atoms with Crippen LogP contribution in [0.5, 0.6) is 5.75 Å². The summed E-state index contributed by atoms with van der Waals surface area (Å²) >= 11 is 5.79. The molecule has 7 nitrogen and oxygen atoms in total. The van der Waals surface area contributed by atoms with Crippen molar-refractivity contribution in [1.82, 2.24) is 5.43 Å². The number of nitrogens with one attached hydrogen (secondary N) is 2. The van der Waals surface area contributed by atoms with E-state index in [0.717, 1.165) is 0 Å². The van der Waals surface area contributed by atoms with Crippen LogP contribution in [0.2, 0.25) is 5.02 Å². The molecule has 0 aliphatic carbocycles. The minimum absolute atomic E-state index is 0.0737. The van der Waals surface area contributed by atoms with Gasteiger partial charge < -0.3 is 4.74 Å². The zero-order valence-electron chi connectivity index (χ0n) is 16.7. The van der Waals surface area contributed by atoms with Gasteiger partial charge in [-0.15, -0.1) is 6.42 Å². The lowest BCUT2D eigenvalue weighted by atomic mass is 10.2. The van der Waals surface area contributed by atoms with E-state index in [-0.39, 0.29) is 11.5 Å². The number of ether oxygens (including phenoxy) is 1. The number of rotatable bonds is 8. The number of halogens is 1. The van der Waals surface area contributed by atoms with Crippen LogP contribution in [-0.4, -0.2) is 27.1 Å². The van der Waals surface area contributed by atoms with E-state index >= 15 is 0 Å². The number of hydrazone groups is 1. The van der Waals surface area contributed by atoms with Gasteiger partial charge in [0.2, 0.25) is 0 Å². The van der Waals surface area contributed by atoms with E-state index in [2.05, 4.69) is 21.2 Å². The highest BCUT2D eigenvalue weighted by Crippen LogP contribution is 2.19. The van der Waals surface area contributed by atoms with Crippen molar-refractivity contribution in [2.24, 2.45) is 5.10 Å². The highest BCUT2D eigenvalue weighted by Gasteiger charge is 2.14. The molecule has 3 aromatic rings. The molecule has 0 aliphatic rings. The molecular formula is C23H18ClN3O4S. The van der Waals surface area contributed by atoms with Gasteiger partial charge in [0.15, 0.2) is 0 Å². The van der Waals surface area contributed by atoms with E-state index in [4.69, 9.17) is 22.8 Å². The van der Waals surface area contributed by atoms with Gasteiger partial charge in [-0.1, -0.05) is 29.7 Å². The summed E-state index contributed by atoms with van der Waals surface area (Å²) in [4.78, 5) is 12.4. The lowest BCUT2D eigenvalue weighted by Gasteiger charge is -2.09. The first-order valence-electron chi connectivity index (χ1n) is 9.26. The molecule has 0 saturated heterocycles. The molecule has 3 rings (SSSR count). The van der Waals surface area contributed by atoms with Crippen LogP contribution in [0, 0.1) is 12.3 Å². The second kappa shape index (κ2) is 10.5. The van der Waals surface area contributed by atoms with E-state index < -0.39 is 15.9 Å². The van der Waals surface area contributed by atoms with Gasteiger partial charge in [0.25, 0.3) is 15.9 Å². The smallest absolute Gasteiger partial charge is 0.271 e. The number of benzene rings is 3. The highest BCUT2D eigenvalue weighted by molar-refractivity contribution is 7.92. The van der Waals surface area contributed by atoms with Crippen molar-refractivity contribution in [2.75, 3.05) is 11.3 Å². The molecule has 32 heavy (non-hydrogen) atoms. The summed E-state index contributed by atoms with van der Waals surface area (Å²) in [6.45, 7) is 0.116. The van der Waals surface area contributed by atoms with Gasteiger partial charge in [0, 0.05) is 21.8 Å². The molecule has 2 N–H and O–H groups in total. The maximum atomic E-state index is 12.4. The number of terminal acetylenes is 1. The molecule has 1 amide bonds. The Hall–Kier alpha value is -3.80. The topological polar surface area (TPSA) is 96.9 Å². The van der Waals surface area contributed by atoms with Gasteiger partial charge >= 0.3 is 0 Å². The predicted octanol–water partition coefficient (Wildman–Crippen LogP) is 3.92. The summed E-state index contributed by atoms with van der Waals surface area (Å²) in [5, 5.41) is 4.37. The number of sulfonamides is 1. The molecule has 9 heteroatoms. The molecule has 0 radical (unpaired) electrons. The SMILES string of the molecule is C#CCOc1ccccc1/C=N\NC(=O)c1ccc(NS(=O)(=O)c2ccc(Cl)cc2)cc1. The van der Waals surface area contributed by atoms with Crippen LogP contribution in [0.25, 0.3) is 0 Å². The van der Waals surface area contributed by atoms with Gasteiger partial charge in [-0.25, -0.2) is 13.8 Å². The third-order valence-electron chi connectivity index (χ3n) is 4.12. The largest absolute Gasteiger partial charge is 0.480 e. The number of para-hydroxylation sites is 1. The van der Waals surface area contributed by atoms with Crippen molar-refractivity contribution in [3.8, 4) is 18.1 Å². The summed E-state index contributed by atoms with van der Waals surface area (Å²) in [5.74, 6) is 2.46. The Bertz CT molecular complexity index is 1270. The predicted molar refractivity (Wildman–Crippen MR) is 125 cm³/mol. The molecule has 0 unspecified atom stereocenters. The first kappa shape index (κ1) is 22.9. The minimum Gasteiger partial charge on any atom is -0.480 e. The van der Waals surface area contributed by atoms with E-state index in [0.29, 0.717) is 27.6 Å². The van der Waals surface area contributed by atoms with E-state index in [1.165, 1.54) is 54.7 Å². The molecular weight excluding hydrogens is 450 g/mol. The van der Waals surface area contributed by atoms with Crippen molar-refractivity contribution in [3.05, 3.63) is 88.9 Å². The van der Waals surface area contributed by atoms with E-state index in [1.807, 2.05) is 0 Å². The van der Waals surface area contributed by atoms with Crippen molar-refractivity contribution < 1.29 is 17.9 Å². The molecule has 3 aromatic carbocycles. The second-order valence-corrected chi connectivity index (χ2v) is 8.49. The third kappa shape index (κ3) is 6.11. The minimum atomic E-state index is -3.78. The lowest BCUT2D eigenvalue weighted by Crippen LogP contribution is -2.18. The monoisotopic (exact) mass is 467 g/mol. The van der Waals surface area contributed by atoms with E-state index in [1.54, 1.807) is 24.3 Å². The Balaban J connectivity index is 1.63. The highest BCUT2D eigenvalue weighted by atomic mass is 35.5. The summed E-state index contributed by atoms with van der Waals surface area (Å²) in [7, 11) is -3.78. The average Bonchev–Trinajstić information content (AvgIpc) is 2.79. The second-order valence-electron chi connectivity index (χ2n) is 6.37. The van der Waals surface area contributed by atoms with Gasteiger partial charge in [-0.3, -0.25) is 9.52 Å². The summed E-state index contributed by atoms with van der Waals surface area (Å²) in [6.07, 6.45) is 6.64. The van der Waals surface area contributed by atoms with Crippen molar-refractivity contribution in [1.29, 1.82) is 0 Å². The van der Waals surface area contributed by atoms with Crippen LogP contribution >= 0.6 is 11.6 Å². The standard InChI is InChI=1S/C23H18ClN3O4S/c1-2-15-31-22-6-4-3-5-18(22)16-25-26-23(28)17-7-11-20(12-8-17)27-32(29,30)21-13-9-19(24)10-14-21/h1,3-14,16,27H,15H2,(H,26,28)/b25-16-. The van der Waals surface area contributed by atoms with Crippen LogP contribution in [0.4, 0.5) is 5.69 Å². The molecule has 0 atom stereocenters. The van der Waals surface area contributed by atoms with Crippen LogP contribution in [0.1, 0.15) is 15.9 Å². The Kier molecular flexibility index (Phi) is 7.49. The molecule has 0 bridgehead atoms.